The van der Waals surface area contributed by atoms with E-state index in [9.17, 15) is 4.79 Å². The Hall–Kier alpha value is -1.95. The molecule has 0 radical (unpaired) electrons. The minimum Gasteiger partial charge on any atom is -0.448 e. The molecule has 27 heavy (non-hydrogen) atoms. The summed E-state index contributed by atoms with van der Waals surface area (Å²) in [5.41, 5.74) is 0.734. The van der Waals surface area contributed by atoms with Crippen LogP contribution >= 0.6 is 0 Å². The number of amides is 2. The third-order valence-electron chi connectivity index (χ3n) is 6.01. The highest BCUT2D eigenvalue weighted by Crippen LogP contribution is 2.46. The van der Waals surface area contributed by atoms with E-state index >= 15 is 0 Å². The van der Waals surface area contributed by atoms with Crippen molar-refractivity contribution >= 4 is 11.7 Å². The first-order valence-corrected chi connectivity index (χ1v) is 10.3. The third-order valence-corrected chi connectivity index (χ3v) is 6.01. The maximum absolute atomic E-state index is 12.3. The topological polar surface area (TPSA) is 62.8 Å². The zero-order valence-electron chi connectivity index (χ0n) is 16.4. The van der Waals surface area contributed by atoms with E-state index in [0.717, 1.165) is 62.4 Å². The van der Waals surface area contributed by atoms with Crippen LogP contribution in [0.2, 0.25) is 0 Å². The lowest BCUT2D eigenvalue weighted by Gasteiger charge is -2.31. The van der Waals surface area contributed by atoms with E-state index in [1.54, 1.807) is 0 Å². The van der Waals surface area contributed by atoms with E-state index in [1.165, 1.54) is 6.42 Å². The summed E-state index contributed by atoms with van der Waals surface area (Å²) in [6.07, 6.45) is 6.52. The van der Waals surface area contributed by atoms with Crippen molar-refractivity contribution in [2.75, 3.05) is 25.0 Å². The number of benzene rings is 1. The number of anilines is 1. The van der Waals surface area contributed by atoms with Crippen molar-refractivity contribution in [3.05, 3.63) is 18.2 Å². The molecule has 1 aliphatic carbocycles. The third kappa shape index (κ3) is 4.15. The number of carbonyl (C=O) groups excluding carboxylic acids is 1. The Labute approximate surface area is 161 Å². The molecule has 6 heteroatoms. The molecule has 2 aliphatic heterocycles. The first kappa shape index (κ1) is 18.4. The summed E-state index contributed by atoms with van der Waals surface area (Å²) in [6, 6.07) is 6.05. The number of likely N-dealkylation sites (tertiary alicyclic amines) is 1. The van der Waals surface area contributed by atoms with Crippen LogP contribution in [0.1, 0.15) is 52.4 Å². The highest BCUT2D eigenvalue weighted by atomic mass is 16.7. The van der Waals surface area contributed by atoms with Crippen molar-refractivity contribution in [3.63, 3.8) is 0 Å². The maximum Gasteiger partial charge on any atom is 0.319 e. The van der Waals surface area contributed by atoms with Crippen molar-refractivity contribution in [2.45, 2.75) is 64.2 Å². The summed E-state index contributed by atoms with van der Waals surface area (Å²) in [7, 11) is 0. The van der Waals surface area contributed by atoms with Crippen LogP contribution in [0.5, 0.6) is 11.5 Å². The van der Waals surface area contributed by atoms with E-state index in [-0.39, 0.29) is 6.03 Å². The van der Waals surface area contributed by atoms with Crippen molar-refractivity contribution in [3.8, 4) is 11.5 Å². The van der Waals surface area contributed by atoms with Gasteiger partial charge in [0.15, 0.2) is 11.5 Å². The molecule has 2 fully saturated rings. The van der Waals surface area contributed by atoms with Gasteiger partial charge in [0, 0.05) is 43.7 Å². The van der Waals surface area contributed by atoms with Crippen LogP contribution in [0.3, 0.4) is 0 Å². The SMILES string of the molecule is CC(C)N1CCC(CNC(=O)Nc2ccc3c(c2)OC2(CCCCC2)O3)C1. The predicted molar refractivity (Wildman–Crippen MR) is 105 cm³/mol. The minimum atomic E-state index is -0.480. The van der Waals surface area contributed by atoms with Gasteiger partial charge in [0.1, 0.15) is 0 Å². The average Bonchev–Trinajstić information content (AvgIpc) is 3.25. The molecule has 1 saturated heterocycles. The van der Waals surface area contributed by atoms with Gasteiger partial charge in [-0.2, -0.15) is 0 Å². The van der Waals surface area contributed by atoms with Crippen LogP contribution in [0.25, 0.3) is 0 Å². The molecule has 1 unspecified atom stereocenters. The molecule has 1 spiro atoms. The van der Waals surface area contributed by atoms with Gasteiger partial charge in [-0.3, -0.25) is 0 Å². The number of carbonyl (C=O) groups is 1. The fourth-order valence-electron chi connectivity index (χ4n) is 4.38. The van der Waals surface area contributed by atoms with Gasteiger partial charge in [0.05, 0.1) is 0 Å². The number of rotatable bonds is 4. The van der Waals surface area contributed by atoms with Gasteiger partial charge in [-0.25, -0.2) is 4.79 Å². The van der Waals surface area contributed by atoms with E-state index < -0.39 is 5.79 Å². The van der Waals surface area contributed by atoms with Crippen LogP contribution in [0, 0.1) is 5.92 Å². The van der Waals surface area contributed by atoms with Gasteiger partial charge >= 0.3 is 6.03 Å². The van der Waals surface area contributed by atoms with Crippen molar-refractivity contribution < 1.29 is 14.3 Å². The average molecular weight is 373 g/mol. The zero-order valence-corrected chi connectivity index (χ0v) is 16.4. The monoisotopic (exact) mass is 373 g/mol. The predicted octanol–water partition coefficient (Wildman–Crippen LogP) is 3.97. The largest absolute Gasteiger partial charge is 0.448 e. The number of hydrogen-bond acceptors (Lipinski definition) is 4. The summed E-state index contributed by atoms with van der Waals surface area (Å²) in [5.74, 6) is 1.56. The van der Waals surface area contributed by atoms with Crippen LogP contribution < -0.4 is 20.1 Å². The Kier molecular flexibility index (Phi) is 5.17. The van der Waals surface area contributed by atoms with Gasteiger partial charge in [0.25, 0.3) is 5.79 Å². The van der Waals surface area contributed by atoms with Crippen LogP contribution in [-0.4, -0.2) is 42.4 Å². The van der Waals surface area contributed by atoms with Gasteiger partial charge in [-0.05, 0) is 57.7 Å². The molecule has 2 amide bonds. The molecule has 4 rings (SSSR count). The van der Waals surface area contributed by atoms with Gasteiger partial charge < -0.3 is 25.0 Å². The molecule has 1 saturated carbocycles. The molecule has 0 bridgehead atoms. The van der Waals surface area contributed by atoms with Gasteiger partial charge in [0.2, 0.25) is 0 Å². The van der Waals surface area contributed by atoms with E-state index in [4.69, 9.17) is 9.47 Å². The van der Waals surface area contributed by atoms with Gasteiger partial charge in [-0.1, -0.05) is 6.42 Å². The molecule has 1 aromatic carbocycles. The minimum absolute atomic E-state index is 0.163. The summed E-state index contributed by atoms with van der Waals surface area (Å²) >= 11 is 0. The smallest absolute Gasteiger partial charge is 0.319 e. The number of fused-ring (bicyclic) bond motifs is 1. The summed E-state index contributed by atoms with van der Waals surface area (Å²) in [5, 5.41) is 5.93. The Morgan fingerprint density at radius 1 is 1.22 bits per heavy atom. The number of ether oxygens (including phenoxy) is 2. The molecule has 6 nitrogen and oxygen atoms in total. The summed E-state index contributed by atoms with van der Waals surface area (Å²) in [6.45, 7) is 7.33. The second-order valence-electron chi connectivity index (χ2n) is 8.42. The molecule has 0 aromatic heterocycles. The van der Waals surface area contributed by atoms with E-state index in [1.807, 2.05) is 18.2 Å². The molecular formula is C21H31N3O3. The standard InChI is InChI=1S/C21H31N3O3/c1-15(2)24-11-8-16(14-24)13-22-20(25)23-17-6-7-18-19(12-17)27-21(26-18)9-4-3-5-10-21/h6-7,12,15-16H,3-5,8-11,13-14H2,1-2H3,(H2,22,23,25). The molecule has 2 heterocycles. The molecule has 2 N–H and O–H groups in total. The number of nitrogens with one attached hydrogen (secondary N) is 2. The number of urea groups is 1. The Morgan fingerprint density at radius 3 is 2.74 bits per heavy atom. The van der Waals surface area contributed by atoms with Crippen molar-refractivity contribution in [1.29, 1.82) is 0 Å². The lowest BCUT2D eigenvalue weighted by molar-refractivity contribution is -0.105. The normalized spacial score (nSPS) is 23.7. The lowest BCUT2D eigenvalue weighted by atomic mass is 9.94. The van der Waals surface area contributed by atoms with E-state index in [2.05, 4.69) is 29.4 Å². The fraction of sp³-hybridized carbons (Fsp3) is 0.667. The Bertz CT molecular complexity index is 685. The lowest BCUT2D eigenvalue weighted by Crippen LogP contribution is -2.40. The first-order valence-electron chi connectivity index (χ1n) is 10.3. The maximum atomic E-state index is 12.3. The Morgan fingerprint density at radius 2 is 2.00 bits per heavy atom. The second-order valence-corrected chi connectivity index (χ2v) is 8.42. The molecule has 1 atom stereocenters. The fourth-order valence-corrected chi connectivity index (χ4v) is 4.38. The first-order chi connectivity index (χ1) is 13.0. The summed E-state index contributed by atoms with van der Waals surface area (Å²) in [4.78, 5) is 14.7. The highest BCUT2D eigenvalue weighted by molar-refractivity contribution is 5.89. The molecular weight excluding hydrogens is 342 g/mol. The number of nitrogens with zero attached hydrogens (tertiary/aromatic N) is 1. The summed E-state index contributed by atoms with van der Waals surface area (Å²) < 4.78 is 12.2. The molecule has 148 valence electrons. The van der Waals surface area contributed by atoms with E-state index in [0.29, 0.717) is 18.5 Å². The Balaban J connectivity index is 1.28. The number of hydrogen-bond donors (Lipinski definition) is 2. The van der Waals surface area contributed by atoms with Crippen LogP contribution in [0.15, 0.2) is 18.2 Å². The van der Waals surface area contributed by atoms with Crippen LogP contribution in [-0.2, 0) is 0 Å². The van der Waals surface area contributed by atoms with Crippen molar-refractivity contribution in [2.24, 2.45) is 5.92 Å². The molecule has 1 aromatic rings. The second kappa shape index (κ2) is 7.58. The van der Waals surface area contributed by atoms with Crippen molar-refractivity contribution in [1.82, 2.24) is 10.2 Å². The zero-order chi connectivity index (χ0) is 18.9. The van der Waals surface area contributed by atoms with Crippen LogP contribution in [0.4, 0.5) is 10.5 Å². The quantitative estimate of drug-likeness (QED) is 0.838. The molecule has 3 aliphatic rings. The highest BCUT2D eigenvalue weighted by Gasteiger charge is 2.42. The van der Waals surface area contributed by atoms with Gasteiger partial charge in [-0.15, -0.1) is 0 Å².